The summed E-state index contributed by atoms with van der Waals surface area (Å²) in [7, 11) is 1.68. The fraction of sp³-hybridized carbons (Fsp3) is 0.643. The molecule has 192 valence electrons. The molecule has 1 aliphatic carbocycles. The predicted molar refractivity (Wildman–Crippen MR) is 144 cm³/mol. The van der Waals surface area contributed by atoms with E-state index in [1.807, 2.05) is 24.4 Å². The number of nitrogens with zero attached hydrogens (tertiary/aromatic N) is 2. The second-order valence-corrected chi connectivity index (χ2v) is 11.8. The topological polar surface area (TPSA) is 88.7 Å². The van der Waals surface area contributed by atoms with Gasteiger partial charge in [-0.05, 0) is 92.8 Å². The van der Waals surface area contributed by atoms with Crippen LogP contribution in [0.5, 0.6) is 5.75 Å². The minimum absolute atomic E-state index is 0.107. The number of methoxy groups -OCH3 is 1. The molecule has 0 radical (unpaired) electrons. The Kier molecular flexibility index (Phi) is 9.31. The van der Waals surface area contributed by atoms with Crippen LogP contribution in [0.3, 0.4) is 0 Å². The van der Waals surface area contributed by atoms with Gasteiger partial charge in [-0.15, -0.1) is 0 Å². The number of piperidine rings is 1. The molecule has 0 atom stereocenters. The molecule has 0 bridgehead atoms. The molecule has 1 aromatic heterocycles. The van der Waals surface area contributed by atoms with E-state index in [-0.39, 0.29) is 11.8 Å². The van der Waals surface area contributed by atoms with Gasteiger partial charge in [0.2, 0.25) is 0 Å². The molecule has 0 unspecified atom stereocenters. The van der Waals surface area contributed by atoms with E-state index in [2.05, 4.69) is 21.6 Å². The SMILES string of the molecule is COc1ccc2ncc(CN)c(CCCC3(CC(=O)O)CCN(CCSC4CCCC4)CC3)c2c1. The summed E-state index contributed by atoms with van der Waals surface area (Å²) in [6.45, 7) is 3.61. The third-order valence-electron chi connectivity index (χ3n) is 8.14. The van der Waals surface area contributed by atoms with E-state index >= 15 is 0 Å². The lowest BCUT2D eigenvalue weighted by atomic mass is 9.72. The molecule has 1 saturated carbocycles. The average molecular weight is 500 g/mol. The second-order valence-electron chi connectivity index (χ2n) is 10.4. The lowest BCUT2D eigenvalue weighted by Crippen LogP contribution is -2.42. The molecule has 35 heavy (non-hydrogen) atoms. The number of fused-ring (bicyclic) bond motifs is 1. The van der Waals surface area contributed by atoms with Gasteiger partial charge in [-0.25, -0.2) is 0 Å². The summed E-state index contributed by atoms with van der Waals surface area (Å²) in [5.41, 5.74) is 9.18. The number of aliphatic carboxylic acids is 1. The molecule has 0 spiro atoms. The van der Waals surface area contributed by atoms with Gasteiger partial charge in [-0.2, -0.15) is 11.8 Å². The predicted octanol–water partition coefficient (Wildman–Crippen LogP) is 5.26. The Morgan fingerprint density at radius 1 is 1.29 bits per heavy atom. The summed E-state index contributed by atoms with van der Waals surface area (Å²) < 4.78 is 5.45. The van der Waals surface area contributed by atoms with E-state index in [0.29, 0.717) is 6.54 Å². The number of aromatic nitrogens is 1. The summed E-state index contributed by atoms with van der Waals surface area (Å²) in [6.07, 6.45) is 12.4. The van der Waals surface area contributed by atoms with Crippen molar-refractivity contribution in [3.8, 4) is 5.75 Å². The molecule has 1 aromatic carbocycles. The van der Waals surface area contributed by atoms with Crippen molar-refractivity contribution in [2.24, 2.45) is 11.1 Å². The molecule has 7 heteroatoms. The molecule has 1 saturated heterocycles. The number of thioether (sulfide) groups is 1. The lowest BCUT2D eigenvalue weighted by Gasteiger charge is -2.41. The first-order valence-corrected chi connectivity index (χ1v) is 14.3. The zero-order chi connectivity index (χ0) is 24.7. The summed E-state index contributed by atoms with van der Waals surface area (Å²) >= 11 is 2.15. The van der Waals surface area contributed by atoms with Crippen LogP contribution in [0.25, 0.3) is 10.9 Å². The molecule has 2 aromatic rings. The normalized spacial score (nSPS) is 18.8. The molecule has 2 heterocycles. The third kappa shape index (κ3) is 6.89. The van der Waals surface area contributed by atoms with Gasteiger partial charge in [0, 0.05) is 35.7 Å². The number of rotatable bonds is 12. The van der Waals surface area contributed by atoms with Crippen LogP contribution in [0.4, 0.5) is 0 Å². The van der Waals surface area contributed by atoms with E-state index in [1.165, 1.54) is 37.0 Å². The Morgan fingerprint density at radius 2 is 2.06 bits per heavy atom. The highest BCUT2D eigenvalue weighted by Gasteiger charge is 2.36. The number of likely N-dealkylation sites (tertiary alicyclic amines) is 1. The molecular weight excluding hydrogens is 458 g/mol. The summed E-state index contributed by atoms with van der Waals surface area (Å²) in [5.74, 6) is 1.35. The molecule has 4 rings (SSSR count). The molecule has 2 fully saturated rings. The van der Waals surface area contributed by atoms with Gasteiger partial charge in [-0.1, -0.05) is 12.8 Å². The number of nitrogens with two attached hydrogens (primary N) is 1. The Morgan fingerprint density at radius 3 is 2.74 bits per heavy atom. The first kappa shape index (κ1) is 26.2. The van der Waals surface area contributed by atoms with E-state index in [4.69, 9.17) is 10.5 Å². The van der Waals surface area contributed by atoms with Gasteiger partial charge in [0.05, 0.1) is 19.0 Å². The van der Waals surface area contributed by atoms with Crippen molar-refractivity contribution in [2.45, 2.75) is 76.0 Å². The fourth-order valence-corrected chi connectivity index (χ4v) is 7.36. The van der Waals surface area contributed by atoms with Gasteiger partial charge in [0.1, 0.15) is 5.75 Å². The van der Waals surface area contributed by atoms with Crippen LogP contribution in [-0.4, -0.2) is 58.7 Å². The molecule has 3 N–H and O–H groups in total. The maximum Gasteiger partial charge on any atom is 0.303 e. The Bertz CT molecular complexity index is 980. The molecule has 1 aliphatic heterocycles. The van der Waals surface area contributed by atoms with Gasteiger partial charge in [-0.3, -0.25) is 9.78 Å². The Hall–Kier alpha value is -1.83. The van der Waals surface area contributed by atoms with E-state index in [1.54, 1.807) is 7.11 Å². The van der Waals surface area contributed by atoms with Gasteiger partial charge < -0.3 is 20.5 Å². The Balaban J connectivity index is 1.36. The largest absolute Gasteiger partial charge is 0.497 e. The maximum absolute atomic E-state index is 11.8. The number of ether oxygens (including phenoxy) is 1. The van der Waals surface area contributed by atoms with Crippen molar-refractivity contribution in [3.63, 3.8) is 0 Å². The van der Waals surface area contributed by atoms with Crippen LogP contribution in [0.1, 0.15) is 68.9 Å². The second kappa shape index (κ2) is 12.4. The van der Waals surface area contributed by atoms with E-state index in [0.717, 1.165) is 79.2 Å². The molecule has 0 amide bonds. The standard InChI is InChI=1S/C28H41N3O3S/c1-34-22-8-9-26-25(17-22)24(21(19-29)20-30-26)7-4-10-28(18-27(32)33)11-13-31(14-12-28)15-16-35-23-5-2-3-6-23/h8-9,17,20,23H,2-7,10-16,18-19,29H2,1H3,(H,32,33). The van der Waals surface area contributed by atoms with E-state index in [9.17, 15) is 9.90 Å². The number of carboxylic acid groups (broad SMARTS) is 1. The number of carboxylic acids is 1. The number of carbonyl (C=O) groups is 1. The van der Waals surface area contributed by atoms with Crippen LogP contribution in [0.15, 0.2) is 24.4 Å². The number of hydrogen-bond acceptors (Lipinski definition) is 6. The molecule has 2 aliphatic rings. The zero-order valence-corrected chi connectivity index (χ0v) is 22.0. The minimum atomic E-state index is -0.669. The highest BCUT2D eigenvalue weighted by Crippen LogP contribution is 2.40. The summed E-state index contributed by atoms with van der Waals surface area (Å²) in [6, 6.07) is 5.97. The van der Waals surface area contributed by atoms with Crippen molar-refractivity contribution < 1.29 is 14.6 Å². The number of hydrogen-bond donors (Lipinski definition) is 2. The minimum Gasteiger partial charge on any atom is -0.497 e. The van der Waals surface area contributed by atoms with Crippen LogP contribution in [0.2, 0.25) is 0 Å². The lowest BCUT2D eigenvalue weighted by molar-refractivity contribution is -0.140. The van der Waals surface area contributed by atoms with Crippen molar-refractivity contribution in [2.75, 3.05) is 32.5 Å². The maximum atomic E-state index is 11.8. The van der Waals surface area contributed by atoms with Crippen molar-refractivity contribution in [1.82, 2.24) is 9.88 Å². The van der Waals surface area contributed by atoms with E-state index < -0.39 is 5.97 Å². The van der Waals surface area contributed by atoms with Crippen molar-refractivity contribution in [1.29, 1.82) is 0 Å². The van der Waals surface area contributed by atoms with Gasteiger partial charge >= 0.3 is 5.97 Å². The quantitative estimate of drug-likeness (QED) is 0.412. The molecular formula is C28H41N3O3S. The van der Waals surface area contributed by atoms with Crippen LogP contribution in [0, 0.1) is 5.41 Å². The van der Waals surface area contributed by atoms with Crippen LogP contribution in [-0.2, 0) is 17.8 Å². The van der Waals surface area contributed by atoms with Crippen molar-refractivity contribution >= 4 is 28.6 Å². The summed E-state index contributed by atoms with van der Waals surface area (Å²) in [5, 5.41) is 11.7. The number of benzene rings is 1. The zero-order valence-electron chi connectivity index (χ0n) is 21.1. The molecule has 6 nitrogen and oxygen atoms in total. The van der Waals surface area contributed by atoms with Gasteiger partial charge in [0.25, 0.3) is 0 Å². The third-order valence-corrected chi connectivity index (χ3v) is 9.50. The number of aryl methyl sites for hydroxylation is 1. The van der Waals surface area contributed by atoms with Crippen LogP contribution >= 0.6 is 11.8 Å². The Labute approximate surface area is 214 Å². The number of pyridine rings is 1. The fourth-order valence-electron chi connectivity index (χ4n) is 6.00. The monoisotopic (exact) mass is 499 g/mol. The van der Waals surface area contributed by atoms with Crippen LogP contribution < -0.4 is 10.5 Å². The average Bonchev–Trinajstić information content (AvgIpc) is 3.38. The first-order chi connectivity index (χ1) is 17.0. The summed E-state index contributed by atoms with van der Waals surface area (Å²) in [4.78, 5) is 18.9. The van der Waals surface area contributed by atoms with Crippen molar-refractivity contribution in [3.05, 3.63) is 35.5 Å². The first-order valence-electron chi connectivity index (χ1n) is 13.2. The van der Waals surface area contributed by atoms with Gasteiger partial charge in [0.15, 0.2) is 0 Å². The highest BCUT2D eigenvalue weighted by atomic mass is 32.2. The smallest absolute Gasteiger partial charge is 0.303 e. The highest BCUT2D eigenvalue weighted by molar-refractivity contribution is 7.99.